The second-order valence-corrected chi connectivity index (χ2v) is 6.86. The summed E-state index contributed by atoms with van der Waals surface area (Å²) in [6, 6.07) is 11.0. The number of aliphatic hydroxyl groups is 1. The standard InChI is InChI=1S/C18H21Cl2N3O2/c19-14-4-5-17(16(20)11-14)25-13-15(24)12-22-7-9-23(10-8-22)18-3-1-2-6-21-18/h1-6,11,15,24H,7-10,12-13H2. The molecule has 5 nitrogen and oxygen atoms in total. The maximum Gasteiger partial charge on any atom is 0.138 e. The number of β-amino-alcohol motifs (C(OH)–C–C–N with tert-alkyl or cyclic N) is 1. The van der Waals surface area contributed by atoms with Crippen molar-refractivity contribution in [1.82, 2.24) is 9.88 Å². The molecule has 0 spiro atoms. The van der Waals surface area contributed by atoms with Crippen LogP contribution in [0.25, 0.3) is 0 Å². The number of benzene rings is 1. The van der Waals surface area contributed by atoms with Crippen LogP contribution < -0.4 is 9.64 Å². The Bertz CT molecular complexity index is 679. The summed E-state index contributed by atoms with van der Waals surface area (Å²) in [5, 5.41) is 11.2. The highest BCUT2D eigenvalue weighted by Crippen LogP contribution is 2.27. The van der Waals surface area contributed by atoms with Crippen LogP contribution in [0.5, 0.6) is 5.75 Å². The van der Waals surface area contributed by atoms with Crippen molar-refractivity contribution in [1.29, 1.82) is 0 Å². The highest BCUT2D eigenvalue weighted by Gasteiger charge is 2.20. The topological polar surface area (TPSA) is 48.8 Å². The van der Waals surface area contributed by atoms with Gasteiger partial charge in [-0.1, -0.05) is 29.3 Å². The monoisotopic (exact) mass is 381 g/mol. The first kappa shape index (κ1) is 18.3. The van der Waals surface area contributed by atoms with Crippen LogP contribution in [0.15, 0.2) is 42.6 Å². The Morgan fingerprint density at radius 2 is 1.92 bits per heavy atom. The lowest BCUT2D eigenvalue weighted by Gasteiger charge is -2.36. The molecule has 0 amide bonds. The maximum atomic E-state index is 10.2. The Morgan fingerprint density at radius 3 is 2.60 bits per heavy atom. The van der Waals surface area contributed by atoms with Crippen molar-refractivity contribution < 1.29 is 9.84 Å². The largest absolute Gasteiger partial charge is 0.489 e. The molecule has 134 valence electrons. The molecule has 1 unspecified atom stereocenters. The fourth-order valence-electron chi connectivity index (χ4n) is 2.83. The number of hydrogen-bond acceptors (Lipinski definition) is 5. The van der Waals surface area contributed by atoms with Crippen molar-refractivity contribution >= 4 is 29.0 Å². The van der Waals surface area contributed by atoms with Crippen LogP contribution in [0, 0.1) is 0 Å². The number of ether oxygens (including phenoxy) is 1. The number of anilines is 1. The summed E-state index contributed by atoms with van der Waals surface area (Å²) >= 11 is 11.9. The molecule has 1 aliphatic rings. The molecule has 0 saturated carbocycles. The van der Waals surface area contributed by atoms with Crippen LogP contribution in [-0.4, -0.2) is 60.4 Å². The van der Waals surface area contributed by atoms with E-state index in [-0.39, 0.29) is 6.61 Å². The molecule has 0 radical (unpaired) electrons. The minimum Gasteiger partial charge on any atom is -0.489 e. The summed E-state index contributed by atoms with van der Waals surface area (Å²) in [6.07, 6.45) is 1.23. The van der Waals surface area contributed by atoms with Gasteiger partial charge in [0.1, 0.15) is 24.3 Å². The summed E-state index contributed by atoms with van der Waals surface area (Å²) in [7, 11) is 0. The third-order valence-electron chi connectivity index (χ3n) is 4.14. The predicted molar refractivity (Wildman–Crippen MR) is 101 cm³/mol. The van der Waals surface area contributed by atoms with Gasteiger partial charge in [0, 0.05) is 43.9 Å². The zero-order chi connectivity index (χ0) is 17.6. The number of rotatable bonds is 6. The average Bonchev–Trinajstić information content (AvgIpc) is 2.62. The minimum absolute atomic E-state index is 0.196. The molecule has 1 aliphatic heterocycles. The van der Waals surface area contributed by atoms with Crippen LogP contribution in [0.3, 0.4) is 0 Å². The Balaban J connectivity index is 1.42. The van der Waals surface area contributed by atoms with Crippen LogP contribution >= 0.6 is 23.2 Å². The number of halogens is 2. The summed E-state index contributed by atoms with van der Waals surface area (Å²) < 4.78 is 5.60. The van der Waals surface area contributed by atoms with Gasteiger partial charge in [-0.05, 0) is 30.3 Å². The molecule has 2 heterocycles. The quantitative estimate of drug-likeness (QED) is 0.833. The first-order chi connectivity index (χ1) is 12.1. The van der Waals surface area contributed by atoms with E-state index in [9.17, 15) is 5.11 Å². The van der Waals surface area contributed by atoms with Gasteiger partial charge in [0.2, 0.25) is 0 Å². The fourth-order valence-corrected chi connectivity index (χ4v) is 3.29. The van der Waals surface area contributed by atoms with Crippen molar-refractivity contribution in [3.05, 3.63) is 52.6 Å². The first-order valence-electron chi connectivity index (χ1n) is 8.26. The second-order valence-electron chi connectivity index (χ2n) is 6.02. The van der Waals surface area contributed by atoms with Crippen LogP contribution in [0.1, 0.15) is 0 Å². The fraction of sp³-hybridized carbons (Fsp3) is 0.389. The van der Waals surface area contributed by atoms with Crippen LogP contribution in [-0.2, 0) is 0 Å². The SMILES string of the molecule is OC(COc1ccc(Cl)cc1Cl)CN1CCN(c2ccccn2)CC1. The van der Waals surface area contributed by atoms with Gasteiger partial charge in [-0.2, -0.15) is 0 Å². The molecule has 1 saturated heterocycles. The highest BCUT2D eigenvalue weighted by molar-refractivity contribution is 6.35. The lowest BCUT2D eigenvalue weighted by Crippen LogP contribution is -2.49. The average molecular weight is 382 g/mol. The van der Waals surface area contributed by atoms with Crippen molar-refractivity contribution in [2.75, 3.05) is 44.2 Å². The number of aliphatic hydroxyl groups excluding tert-OH is 1. The zero-order valence-corrected chi connectivity index (χ0v) is 15.3. The van der Waals surface area contributed by atoms with Crippen LogP contribution in [0.2, 0.25) is 10.0 Å². The molecule has 0 aliphatic carbocycles. The molecular formula is C18H21Cl2N3O2. The Hall–Kier alpha value is -1.53. The number of hydrogen-bond donors (Lipinski definition) is 1. The van der Waals surface area contributed by atoms with E-state index in [0.717, 1.165) is 32.0 Å². The van der Waals surface area contributed by atoms with Gasteiger partial charge in [0.05, 0.1) is 5.02 Å². The van der Waals surface area contributed by atoms with E-state index in [1.165, 1.54) is 0 Å². The van der Waals surface area contributed by atoms with E-state index in [1.54, 1.807) is 18.2 Å². The van der Waals surface area contributed by atoms with Crippen molar-refractivity contribution in [3.8, 4) is 5.75 Å². The summed E-state index contributed by atoms with van der Waals surface area (Å²) in [4.78, 5) is 8.87. The molecule has 1 atom stereocenters. The third-order valence-corrected chi connectivity index (χ3v) is 4.67. The summed E-state index contributed by atoms with van der Waals surface area (Å²) in [5.74, 6) is 1.54. The Labute approximate surface area is 157 Å². The highest BCUT2D eigenvalue weighted by atomic mass is 35.5. The summed E-state index contributed by atoms with van der Waals surface area (Å²) in [5.41, 5.74) is 0. The number of aromatic nitrogens is 1. The number of pyridine rings is 1. The lowest BCUT2D eigenvalue weighted by molar-refractivity contribution is 0.0663. The number of nitrogens with zero attached hydrogens (tertiary/aromatic N) is 3. The van der Waals surface area contributed by atoms with E-state index in [0.29, 0.717) is 22.3 Å². The van der Waals surface area contributed by atoms with Gasteiger partial charge in [0.15, 0.2) is 0 Å². The molecule has 1 N–H and O–H groups in total. The molecule has 25 heavy (non-hydrogen) atoms. The first-order valence-corrected chi connectivity index (χ1v) is 9.01. The van der Waals surface area contributed by atoms with Crippen molar-refractivity contribution in [2.45, 2.75) is 6.10 Å². The van der Waals surface area contributed by atoms with E-state index in [2.05, 4.69) is 14.8 Å². The smallest absolute Gasteiger partial charge is 0.138 e. The van der Waals surface area contributed by atoms with Gasteiger partial charge in [0.25, 0.3) is 0 Å². The lowest BCUT2D eigenvalue weighted by atomic mass is 10.2. The van der Waals surface area contributed by atoms with E-state index in [4.69, 9.17) is 27.9 Å². The zero-order valence-electron chi connectivity index (χ0n) is 13.8. The van der Waals surface area contributed by atoms with Gasteiger partial charge < -0.3 is 14.7 Å². The van der Waals surface area contributed by atoms with E-state index in [1.807, 2.05) is 24.4 Å². The molecule has 1 fully saturated rings. The number of piperazine rings is 1. The molecule has 2 aromatic rings. The molecule has 1 aromatic heterocycles. The van der Waals surface area contributed by atoms with Crippen LogP contribution in [0.4, 0.5) is 5.82 Å². The van der Waals surface area contributed by atoms with Crippen molar-refractivity contribution in [3.63, 3.8) is 0 Å². The Morgan fingerprint density at radius 1 is 1.12 bits per heavy atom. The molecule has 0 bridgehead atoms. The van der Waals surface area contributed by atoms with Gasteiger partial charge in [-0.25, -0.2) is 4.98 Å². The van der Waals surface area contributed by atoms with Crippen molar-refractivity contribution in [2.24, 2.45) is 0 Å². The Kier molecular flexibility index (Phi) is 6.37. The molecule has 3 rings (SSSR count). The maximum absolute atomic E-state index is 10.2. The second kappa shape index (κ2) is 8.72. The third kappa shape index (κ3) is 5.22. The van der Waals surface area contributed by atoms with Gasteiger partial charge in [-0.3, -0.25) is 4.90 Å². The minimum atomic E-state index is -0.576. The molecular weight excluding hydrogens is 361 g/mol. The van der Waals surface area contributed by atoms with Gasteiger partial charge >= 0.3 is 0 Å². The molecule has 7 heteroatoms. The predicted octanol–water partition coefficient (Wildman–Crippen LogP) is 2.95. The normalized spacial score (nSPS) is 16.7. The van der Waals surface area contributed by atoms with E-state index >= 15 is 0 Å². The summed E-state index contributed by atoms with van der Waals surface area (Å²) in [6.45, 7) is 4.33. The molecule has 1 aromatic carbocycles. The van der Waals surface area contributed by atoms with E-state index < -0.39 is 6.10 Å². The van der Waals surface area contributed by atoms with Gasteiger partial charge in [-0.15, -0.1) is 0 Å².